The molecule has 1 unspecified atom stereocenters. The molecular formula is C13H25N3O3. The van der Waals surface area contributed by atoms with E-state index in [9.17, 15) is 9.59 Å². The number of aliphatic carboxylic acids is 1. The average molecular weight is 271 g/mol. The summed E-state index contributed by atoms with van der Waals surface area (Å²) in [5.41, 5.74) is 0. The fourth-order valence-electron chi connectivity index (χ4n) is 2.49. The summed E-state index contributed by atoms with van der Waals surface area (Å²) >= 11 is 0. The minimum atomic E-state index is -0.876. The molecule has 1 atom stereocenters. The van der Waals surface area contributed by atoms with Gasteiger partial charge in [-0.25, -0.2) is 4.79 Å². The number of likely N-dealkylation sites (N-methyl/N-ethyl adjacent to an activating group) is 1. The maximum absolute atomic E-state index is 11.9. The average Bonchev–Trinajstić information content (AvgIpc) is 2.84. The Kier molecular flexibility index (Phi) is 6.62. The molecule has 110 valence electrons. The zero-order valence-corrected chi connectivity index (χ0v) is 11.9. The van der Waals surface area contributed by atoms with Crippen LogP contribution in [0, 0.1) is 0 Å². The summed E-state index contributed by atoms with van der Waals surface area (Å²) in [6.07, 6.45) is 2.30. The number of rotatable bonds is 7. The van der Waals surface area contributed by atoms with Crippen LogP contribution in [0.3, 0.4) is 0 Å². The lowest BCUT2D eigenvalue weighted by molar-refractivity contribution is -0.137. The molecule has 1 heterocycles. The monoisotopic (exact) mass is 271 g/mol. The first-order valence-corrected chi connectivity index (χ1v) is 7.07. The van der Waals surface area contributed by atoms with Crippen LogP contribution in [-0.4, -0.2) is 65.7 Å². The minimum absolute atomic E-state index is 0.00816. The lowest BCUT2D eigenvalue weighted by Gasteiger charge is -2.25. The van der Waals surface area contributed by atoms with Crippen molar-refractivity contribution in [1.82, 2.24) is 15.1 Å². The fraction of sp³-hybridized carbons (Fsp3) is 0.846. The van der Waals surface area contributed by atoms with E-state index in [0.29, 0.717) is 19.1 Å². The first-order valence-electron chi connectivity index (χ1n) is 7.07. The van der Waals surface area contributed by atoms with Crippen molar-refractivity contribution in [3.05, 3.63) is 0 Å². The summed E-state index contributed by atoms with van der Waals surface area (Å²) in [5.74, 6) is -0.876. The maximum atomic E-state index is 11.9. The van der Waals surface area contributed by atoms with Crippen LogP contribution in [0.5, 0.6) is 0 Å². The molecule has 2 N–H and O–H groups in total. The van der Waals surface area contributed by atoms with E-state index in [2.05, 4.69) is 17.1 Å². The summed E-state index contributed by atoms with van der Waals surface area (Å²) in [4.78, 5) is 26.4. The molecule has 6 heteroatoms. The van der Waals surface area contributed by atoms with Crippen LogP contribution >= 0.6 is 0 Å². The van der Waals surface area contributed by atoms with Crippen LogP contribution in [0.4, 0.5) is 4.79 Å². The molecule has 19 heavy (non-hydrogen) atoms. The zero-order valence-electron chi connectivity index (χ0n) is 11.9. The maximum Gasteiger partial charge on any atom is 0.317 e. The Morgan fingerprint density at radius 2 is 2.16 bits per heavy atom. The van der Waals surface area contributed by atoms with Gasteiger partial charge < -0.3 is 15.3 Å². The molecule has 0 aliphatic carbocycles. The Hall–Kier alpha value is -1.30. The van der Waals surface area contributed by atoms with E-state index in [4.69, 9.17) is 5.11 Å². The molecule has 0 aromatic carbocycles. The van der Waals surface area contributed by atoms with Gasteiger partial charge in [0.1, 0.15) is 0 Å². The highest BCUT2D eigenvalue weighted by Crippen LogP contribution is 2.15. The van der Waals surface area contributed by atoms with Gasteiger partial charge in [-0.15, -0.1) is 0 Å². The van der Waals surface area contributed by atoms with Gasteiger partial charge in [0.05, 0.1) is 6.42 Å². The van der Waals surface area contributed by atoms with Crippen molar-refractivity contribution in [2.24, 2.45) is 0 Å². The van der Waals surface area contributed by atoms with E-state index in [1.807, 2.05) is 6.92 Å². The zero-order chi connectivity index (χ0) is 14.3. The second-order valence-corrected chi connectivity index (χ2v) is 4.83. The predicted octanol–water partition coefficient (Wildman–Crippen LogP) is 0.977. The fourth-order valence-corrected chi connectivity index (χ4v) is 2.49. The second-order valence-electron chi connectivity index (χ2n) is 4.83. The molecule has 1 aliphatic heterocycles. The van der Waals surface area contributed by atoms with Crippen LogP contribution in [-0.2, 0) is 4.79 Å². The van der Waals surface area contributed by atoms with Crippen molar-refractivity contribution < 1.29 is 14.7 Å². The lowest BCUT2D eigenvalue weighted by Crippen LogP contribution is -2.46. The van der Waals surface area contributed by atoms with Crippen molar-refractivity contribution in [2.45, 2.75) is 39.2 Å². The molecule has 0 radical (unpaired) electrons. The molecule has 0 saturated carbocycles. The van der Waals surface area contributed by atoms with Gasteiger partial charge in [0.15, 0.2) is 0 Å². The van der Waals surface area contributed by atoms with Crippen LogP contribution in [0.25, 0.3) is 0 Å². The highest BCUT2D eigenvalue weighted by Gasteiger charge is 2.23. The first-order chi connectivity index (χ1) is 9.08. The normalized spacial score (nSPS) is 19.4. The number of carbonyl (C=O) groups excluding carboxylic acids is 1. The van der Waals surface area contributed by atoms with E-state index < -0.39 is 5.97 Å². The molecule has 0 bridgehead atoms. The van der Waals surface area contributed by atoms with E-state index >= 15 is 0 Å². The number of urea groups is 1. The van der Waals surface area contributed by atoms with E-state index in [1.54, 1.807) is 4.90 Å². The second kappa shape index (κ2) is 7.99. The molecule has 2 amide bonds. The van der Waals surface area contributed by atoms with Gasteiger partial charge in [-0.2, -0.15) is 0 Å². The Morgan fingerprint density at radius 1 is 1.42 bits per heavy atom. The van der Waals surface area contributed by atoms with Crippen molar-refractivity contribution >= 4 is 12.0 Å². The van der Waals surface area contributed by atoms with Crippen LogP contribution in [0.1, 0.15) is 33.1 Å². The number of hydrogen-bond donors (Lipinski definition) is 2. The topological polar surface area (TPSA) is 72.9 Å². The van der Waals surface area contributed by atoms with Gasteiger partial charge in [-0.1, -0.05) is 6.92 Å². The van der Waals surface area contributed by atoms with Crippen LogP contribution in [0.15, 0.2) is 0 Å². The highest BCUT2D eigenvalue weighted by molar-refractivity contribution is 5.75. The number of nitrogens with one attached hydrogen (secondary N) is 1. The quantitative estimate of drug-likeness (QED) is 0.724. The molecule has 6 nitrogen and oxygen atoms in total. The predicted molar refractivity (Wildman–Crippen MR) is 73.2 cm³/mol. The molecule has 1 aliphatic rings. The Bertz CT molecular complexity index is 310. The lowest BCUT2D eigenvalue weighted by atomic mass is 10.2. The summed E-state index contributed by atoms with van der Waals surface area (Å²) in [6, 6.07) is 0.263. The summed E-state index contributed by atoms with van der Waals surface area (Å²) < 4.78 is 0. The van der Waals surface area contributed by atoms with Gasteiger partial charge in [0.2, 0.25) is 0 Å². The van der Waals surface area contributed by atoms with E-state index in [-0.39, 0.29) is 19.0 Å². The summed E-state index contributed by atoms with van der Waals surface area (Å²) in [7, 11) is 0. The van der Waals surface area contributed by atoms with Crippen molar-refractivity contribution in [3.8, 4) is 0 Å². The van der Waals surface area contributed by atoms with E-state index in [1.165, 1.54) is 6.42 Å². The number of likely N-dealkylation sites (tertiary alicyclic amines) is 1. The smallest absolute Gasteiger partial charge is 0.317 e. The molecule has 1 fully saturated rings. The largest absolute Gasteiger partial charge is 0.481 e. The third-order valence-electron chi connectivity index (χ3n) is 3.66. The Balaban J connectivity index is 2.33. The van der Waals surface area contributed by atoms with Crippen LogP contribution < -0.4 is 5.32 Å². The molecule has 1 saturated heterocycles. The van der Waals surface area contributed by atoms with Gasteiger partial charge in [-0.05, 0) is 32.9 Å². The Labute approximate surface area is 114 Å². The third kappa shape index (κ3) is 5.06. The number of carboxylic acids is 1. The van der Waals surface area contributed by atoms with Gasteiger partial charge >= 0.3 is 12.0 Å². The number of amides is 2. The van der Waals surface area contributed by atoms with E-state index in [0.717, 1.165) is 19.5 Å². The number of nitrogens with zero attached hydrogens (tertiary/aromatic N) is 2. The van der Waals surface area contributed by atoms with Gasteiger partial charge in [0.25, 0.3) is 0 Å². The van der Waals surface area contributed by atoms with Crippen molar-refractivity contribution in [3.63, 3.8) is 0 Å². The standard InChI is InChI=1S/C13H25N3O3/c1-3-15-8-5-6-11(15)10-14-13(19)16(4-2)9-7-12(17)18/h11H,3-10H2,1-2H3,(H,14,19)(H,17,18). The van der Waals surface area contributed by atoms with Gasteiger partial charge in [-0.3, -0.25) is 9.69 Å². The minimum Gasteiger partial charge on any atom is -0.481 e. The first kappa shape index (κ1) is 15.8. The molecule has 0 aromatic rings. The highest BCUT2D eigenvalue weighted by atomic mass is 16.4. The number of carbonyl (C=O) groups is 2. The SMILES string of the molecule is CCN(CCC(=O)O)C(=O)NCC1CCCN1CC. The van der Waals surface area contributed by atoms with Gasteiger partial charge in [0, 0.05) is 25.7 Å². The third-order valence-corrected chi connectivity index (χ3v) is 3.66. The summed E-state index contributed by atoms with van der Waals surface area (Å²) in [6.45, 7) is 7.54. The number of carboxylic acid groups (broad SMARTS) is 1. The molecule has 0 spiro atoms. The summed E-state index contributed by atoms with van der Waals surface area (Å²) in [5, 5.41) is 11.6. The molecule has 1 rings (SSSR count). The van der Waals surface area contributed by atoms with Crippen LogP contribution in [0.2, 0.25) is 0 Å². The number of hydrogen-bond acceptors (Lipinski definition) is 3. The van der Waals surface area contributed by atoms with Crippen molar-refractivity contribution in [2.75, 3.05) is 32.7 Å². The molecular weight excluding hydrogens is 246 g/mol. The van der Waals surface area contributed by atoms with Crippen molar-refractivity contribution in [1.29, 1.82) is 0 Å². The molecule has 0 aromatic heterocycles. The Morgan fingerprint density at radius 3 is 2.74 bits per heavy atom.